The predicted octanol–water partition coefficient (Wildman–Crippen LogP) is 3.38. The number of hydrogen-bond acceptors (Lipinski definition) is 4. The van der Waals surface area contributed by atoms with Crippen LogP contribution in [0.25, 0.3) is 0 Å². The Morgan fingerprint density at radius 3 is 2.86 bits per heavy atom. The Bertz CT molecular complexity index is 470. The van der Waals surface area contributed by atoms with Crippen LogP contribution < -0.4 is 14.8 Å². The monoisotopic (exact) mass is 312 g/mol. The molecule has 1 aromatic heterocycles. The lowest BCUT2D eigenvalue weighted by molar-refractivity contribution is 0.206. The van der Waals surface area contributed by atoms with E-state index in [-0.39, 0.29) is 5.54 Å². The smallest absolute Gasteiger partial charge is 0.183 e. The Morgan fingerprint density at radius 2 is 2.24 bits per heavy atom. The fourth-order valence-electron chi connectivity index (χ4n) is 3.24. The molecule has 4 nitrogen and oxygen atoms in total. The van der Waals surface area contributed by atoms with Gasteiger partial charge in [-0.05, 0) is 18.8 Å². The van der Waals surface area contributed by atoms with Crippen LogP contribution >= 0.6 is 11.6 Å². The molecule has 0 spiro atoms. The average Bonchev–Trinajstić information content (AvgIpc) is 2.52. The summed E-state index contributed by atoms with van der Waals surface area (Å²) in [5.74, 6) is 2.75. The first-order chi connectivity index (χ1) is 10.1. The van der Waals surface area contributed by atoms with E-state index in [1.807, 2.05) is 6.07 Å². The molecule has 1 aliphatic carbocycles. The lowest BCUT2D eigenvalue weighted by Crippen LogP contribution is -2.49. The third-order valence-electron chi connectivity index (χ3n) is 4.34. The van der Waals surface area contributed by atoms with Crippen molar-refractivity contribution in [1.29, 1.82) is 0 Å². The summed E-state index contributed by atoms with van der Waals surface area (Å²) >= 11 is 6.26. The van der Waals surface area contributed by atoms with Crippen molar-refractivity contribution in [2.24, 2.45) is 5.92 Å². The molecule has 2 atom stereocenters. The van der Waals surface area contributed by atoms with Crippen LogP contribution in [-0.2, 0) is 6.54 Å². The van der Waals surface area contributed by atoms with Crippen LogP contribution in [0, 0.1) is 5.92 Å². The minimum absolute atomic E-state index is 0.00892. The van der Waals surface area contributed by atoms with Crippen molar-refractivity contribution >= 4 is 11.6 Å². The maximum atomic E-state index is 6.26. The van der Waals surface area contributed by atoms with Gasteiger partial charge in [-0.25, -0.2) is 0 Å². The topological polar surface area (TPSA) is 43.4 Å². The van der Waals surface area contributed by atoms with Crippen molar-refractivity contribution in [3.05, 3.63) is 18.0 Å². The first kappa shape index (κ1) is 16.4. The van der Waals surface area contributed by atoms with Crippen molar-refractivity contribution < 1.29 is 9.47 Å². The summed E-state index contributed by atoms with van der Waals surface area (Å²) in [5, 5.41) is 3.63. The number of methoxy groups -OCH3 is 2. The Morgan fingerprint density at radius 1 is 1.43 bits per heavy atom. The highest BCUT2D eigenvalue weighted by Gasteiger charge is 2.34. The quantitative estimate of drug-likeness (QED) is 0.818. The lowest BCUT2D eigenvalue weighted by atomic mass is 9.77. The molecule has 0 aromatic carbocycles. The van der Waals surface area contributed by atoms with Crippen LogP contribution in [0.2, 0.25) is 0 Å². The zero-order chi connectivity index (χ0) is 15.3. The number of ether oxygens (including phenoxy) is 2. The van der Waals surface area contributed by atoms with Gasteiger partial charge in [0.05, 0.1) is 19.9 Å². The second kappa shape index (κ2) is 7.32. The van der Waals surface area contributed by atoms with E-state index in [2.05, 4.69) is 17.2 Å². The van der Waals surface area contributed by atoms with Gasteiger partial charge in [0.25, 0.3) is 0 Å². The highest BCUT2D eigenvalue weighted by Crippen LogP contribution is 2.34. The van der Waals surface area contributed by atoms with Gasteiger partial charge in [0.1, 0.15) is 0 Å². The average molecular weight is 313 g/mol. The summed E-state index contributed by atoms with van der Waals surface area (Å²) < 4.78 is 10.8. The molecule has 2 unspecified atom stereocenters. The summed E-state index contributed by atoms with van der Waals surface area (Å²) in [6.45, 7) is 2.94. The standard InChI is InChI=1S/C16H25ClN2O2/c1-12-5-4-7-16(9-12,11-17)19-10-13-15(21-3)14(20-2)6-8-18-13/h6,8,12,19H,4-5,7,9-11H2,1-3H3. The first-order valence-electron chi connectivity index (χ1n) is 7.51. The maximum absolute atomic E-state index is 6.26. The van der Waals surface area contributed by atoms with E-state index in [1.165, 1.54) is 12.8 Å². The number of rotatable bonds is 6. The maximum Gasteiger partial charge on any atom is 0.183 e. The molecule has 0 radical (unpaired) electrons. The third kappa shape index (κ3) is 3.80. The second-order valence-electron chi connectivity index (χ2n) is 5.96. The second-order valence-corrected chi connectivity index (χ2v) is 6.23. The van der Waals surface area contributed by atoms with Crippen LogP contribution in [0.4, 0.5) is 0 Å². The summed E-state index contributed by atoms with van der Waals surface area (Å²) in [6, 6.07) is 1.81. The molecule has 118 valence electrons. The lowest BCUT2D eigenvalue weighted by Gasteiger charge is -2.39. The number of aromatic nitrogens is 1. The molecule has 5 heteroatoms. The van der Waals surface area contributed by atoms with Gasteiger partial charge in [0.2, 0.25) is 0 Å². The van der Waals surface area contributed by atoms with Gasteiger partial charge in [0, 0.05) is 30.2 Å². The van der Waals surface area contributed by atoms with Gasteiger partial charge in [-0.3, -0.25) is 4.98 Å². The molecular weight excluding hydrogens is 288 g/mol. The van der Waals surface area contributed by atoms with Crippen LogP contribution in [0.3, 0.4) is 0 Å². The molecule has 0 aliphatic heterocycles. The Labute approximate surface area is 132 Å². The Kier molecular flexibility index (Phi) is 5.71. The number of halogens is 1. The molecule has 1 N–H and O–H groups in total. The van der Waals surface area contributed by atoms with Crippen LogP contribution in [0.1, 0.15) is 38.3 Å². The molecule has 0 amide bonds. The van der Waals surface area contributed by atoms with E-state index in [0.717, 1.165) is 18.5 Å². The van der Waals surface area contributed by atoms with Gasteiger partial charge in [-0.15, -0.1) is 11.6 Å². The molecule has 21 heavy (non-hydrogen) atoms. The van der Waals surface area contributed by atoms with E-state index in [1.54, 1.807) is 20.4 Å². The minimum atomic E-state index is 0.00892. The number of hydrogen-bond donors (Lipinski definition) is 1. The number of alkyl halides is 1. The fourth-order valence-corrected chi connectivity index (χ4v) is 3.57. The molecule has 1 heterocycles. The predicted molar refractivity (Wildman–Crippen MR) is 85.3 cm³/mol. The molecule has 1 fully saturated rings. The molecule has 1 aliphatic rings. The van der Waals surface area contributed by atoms with Crippen LogP contribution in [0.5, 0.6) is 11.5 Å². The van der Waals surface area contributed by atoms with Crippen molar-refractivity contribution in [2.75, 3.05) is 20.1 Å². The van der Waals surface area contributed by atoms with Crippen LogP contribution in [-0.4, -0.2) is 30.6 Å². The summed E-state index contributed by atoms with van der Waals surface area (Å²) in [4.78, 5) is 4.42. The fraction of sp³-hybridized carbons (Fsp3) is 0.688. The van der Waals surface area contributed by atoms with Crippen molar-refractivity contribution in [3.63, 3.8) is 0 Å². The molecular formula is C16H25ClN2O2. The molecule has 0 bridgehead atoms. The van der Waals surface area contributed by atoms with Gasteiger partial charge in [0.15, 0.2) is 11.5 Å². The summed E-state index contributed by atoms with van der Waals surface area (Å²) in [5.41, 5.74) is 0.870. The first-order valence-corrected chi connectivity index (χ1v) is 8.04. The summed E-state index contributed by atoms with van der Waals surface area (Å²) in [6.07, 6.45) is 6.50. The van der Waals surface area contributed by atoms with Gasteiger partial charge in [-0.1, -0.05) is 19.8 Å². The molecule has 1 aromatic rings. The zero-order valence-electron chi connectivity index (χ0n) is 13.1. The number of pyridine rings is 1. The zero-order valence-corrected chi connectivity index (χ0v) is 13.9. The SMILES string of the molecule is COc1ccnc(CNC2(CCl)CCCC(C)C2)c1OC. The Balaban J connectivity index is 2.11. The molecule has 1 saturated carbocycles. The van der Waals surface area contributed by atoms with E-state index >= 15 is 0 Å². The highest BCUT2D eigenvalue weighted by molar-refractivity contribution is 6.18. The number of nitrogens with one attached hydrogen (secondary N) is 1. The van der Waals surface area contributed by atoms with Gasteiger partial charge < -0.3 is 14.8 Å². The Hall–Kier alpha value is -1.00. The van der Waals surface area contributed by atoms with E-state index in [4.69, 9.17) is 21.1 Å². The highest BCUT2D eigenvalue weighted by atomic mass is 35.5. The van der Waals surface area contributed by atoms with Gasteiger partial charge >= 0.3 is 0 Å². The van der Waals surface area contributed by atoms with Gasteiger partial charge in [-0.2, -0.15) is 0 Å². The summed E-state index contributed by atoms with van der Waals surface area (Å²) in [7, 11) is 3.28. The normalized spacial score (nSPS) is 25.6. The number of nitrogens with zero attached hydrogens (tertiary/aromatic N) is 1. The van der Waals surface area contributed by atoms with E-state index in [9.17, 15) is 0 Å². The van der Waals surface area contributed by atoms with Crippen molar-refractivity contribution in [2.45, 2.75) is 44.7 Å². The third-order valence-corrected chi connectivity index (χ3v) is 4.86. The molecule has 0 saturated heterocycles. The van der Waals surface area contributed by atoms with Crippen molar-refractivity contribution in [1.82, 2.24) is 10.3 Å². The van der Waals surface area contributed by atoms with Crippen LogP contribution in [0.15, 0.2) is 12.3 Å². The molecule has 2 rings (SSSR count). The van der Waals surface area contributed by atoms with E-state index in [0.29, 0.717) is 29.8 Å². The van der Waals surface area contributed by atoms with E-state index < -0.39 is 0 Å². The van der Waals surface area contributed by atoms with Crippen molar-refractivity contribution in [3.8, 4) is 11.5 Å². The minimum Gasteiger partial charge on any atom is -0.493 e. The largest absolute Gasteiger partial charge is 0.493 e.